The Morgan fingerprint density at radius 1 is 0.844 bits per heavy atom. The first kappa shape index (κ1) is 22.2. The summed E-state index contributed by atoms with van der Waals surface area (Å²) in [6, 6.07) is 20.2. The Morgan fingerprint density at radius 2 is 1.50 bits per heavy atom. The van der Waals surface area contributed by atoms with Crippen LogP contribution < -0.4 is 20.2 Å². The van der Waals surface area contributed by atoms with Crippen LogP contribution in [-0.4, -0.2) is 31.1 Å². The summed E-state index contributed by atoms with van der Waals surface area (Å²) in [5.74, 6) is -1.22. The van der Waals surface area contributed by atoms with Gasteiger partial charge in [-0.05, 0) is 72.6 Å². The largest absolute Gasteiger partial charge is 0.497 e. The molecule has 2 amide bonds. The van der Waals surface area contributed by atoms with Crippen LogP contribution in [0.1, 0.15) is 21.5 Å². The van der Waals surface area contributed by atoms with E-state index in [9.17, 15) is 14.4 Å². The topological polar surface area (TPSA) is 106 Å². The summed E-state index contributed by atoms with van der Waals surface area (Å²) in [5.41, 5.74) is 4.59. The van der Waals surface area contributed by atoms with Crippen molar-refractivity contribution in [3.63, 3.8) is 0 Å². The number of carbonyl (C=O) groups excluding carboxylic acids is 3. The molecule has 0 spiro atoms. The number of hydrogen-bond acceptors (Lipinski definition) is 6. The zero-order valence-electron chi connectivity index (χ0n) is 17.5. The molecule has 0 saturated carbocycles. The van der Waals surface area contributed by atoms with Crippen LogP contribution in [0.15, 0.2) is 77.9 Å². The number of rotatable bonds is 6. The normalized spacial score (nSPS) is 10.4. The number of hydrogen-bond donors (Lipinski definition) is 2. The smallest absolute Gasteiger partial charge is 0.343 e. The molecule has 8 heteroatoms. The number of hydrazone groups is 1. The summed E-state index contributed by atoms with van der Waals surface area (Å²) < 4.78 is 10.4. The average Bonchev–Trinajstić information content (AvgIpc) is 2.81. The molecule has 162 valence electrons. The molecule has 0 bridgehead atoms. The van der Waals surface area contributed by atoms with Gasteiger partial charge in [-0.1, -0.05) is 18.2 Å². The lowest BCUT2D eigenvalue weighted by Gasteiger charge is -2.06. The Kier molecular flexibility index (Phi) is 7.32. The van der Waals surface area contributed by atoms with Gasteiger partial charge in [0.15, 0.2) is 0 Å². The summed E-state index contributed by atoms with van der Waals surface area (Å²) in [7, 11) is 1.55. The fraction of sp³-hybridized carbons (Fsp3) is 0.0833. The molecule has 2 N–H and O–H groups in total. The zero-order chi connectivity index (χ0) is 22.9. The number of nitrogens with one attached hydrogen (secondary N) is 2. The fourth-order valence-corrected chi connectivity index (χ4v) is 2.62. The lowest BCUT2D eigenvalue weighted by atomic mass is 10.2. The van der Waals surface area contributed by atoms with E-state index in [4.69, 9.17) is 9.47 Å². The minimum Gasteiger partial charge on any atom is -0.497 e. The molecule has 0 fully saturated rings. The molecule has 3 rings (SSSR count). The molecular weight excluding hydrogens is 410 g/mol. The summed E-state index contributed by atoms with van der Waals surface area (Å²) in [5, 5.41) is 6.30. The number of ether oxygens (including phenoxy) is 2. The van der Waals surface area contributed by atoms with Crippen LogP contribution in [-0.2, 0) is 9.59 Å². The second kappa shape index (κ2) is 10.5. The van der Waals surface area contributed by atoms with E-state index in [1.807, 2.05) is 19.1 Å². The van der Waals surface area contributed by atoms with Crippen molar-refractivity contribution >= 4 is 29.7 Å². The number of nitrogens with zero attached hydrogens (tertiary/aromatic N) is 1. The van der Waals surface area contributed by atoms with Crippen LogP contribution in [0, 0.1) is 6.92 Å². The van der Waals surface area contributed by atoms with Crippen molar-refractivity contribution in [1.82, 2.24) is 5.43 Å². The molecule has 0 atom stereocenters. The molecule has 0 heterocycles. The summed E-state index contributed by atoms with van der Waals surface area (Å²) >= 11 is 0. The molecule has 8 nitrogen and oxygen atoms in total. The lowest BCUT2D eigenvalue weighted by molar-refractivity contribution is -0.136. The van der Waals surface area contributed by atoms with Crippen molar-refractivity contribution in [2.45, 2.75) is 6.92 Å². The number of carbonyl (C=O) groups is 3. The third kappa shape index (κ3) is 6.02. The van der Waals surface area contributed by atoms with Crippen molar-refractivity contribution in [2.75, 3.05) is 12.4 Å². The van der Waals surface area contributed by atoms with E-state index in [1.165, 1.54) is 6.21 Å². The number of esters is 1. The van der Waals surface area contributed by atoms with E-state index in [0.717, 1.165) is 5.56 Å². The van der Waals surface area contributed by atoms with Gasteiger partial charge in [-0.3, -0.25) is 9.59 Å². The SMILES string of the molecule is COc1ccc(C(=O)Oc2ccc(/C=N\NC(=O)C(=O)Nc3ccccc3C)cc2)cc1. The molecule has 0 aliphatic heterocycles. The van der Waals surface area contributed by atoms with Gasteiger partial charge in [0, 0.05) is 5.69 Å². The first-order valence-electron chi connectivity index (χ1n) is 9.62. The number of methoxy groups -OCH3 is 1. The highest BCUT2D eigenvalue weighted by Crippen LogP contribution is 2.16. The first-order chi connectivity index (χ1) is 15.5. The van der Waals surface area contributed by atoms with E-state index in [2.05, 4.69) is 15.8 Å². The van der Waals surface area contributed by atoms with E-state index in [1.54, 1.807) is 67.8 Å². The van der Waals surface area contributed by atoms with Crippen molar-refractivity contribution in [2.24, 2.45) is 5.10 Å². The van der Waals surface area contributed by atoms with Gasteiger partial charge < -0.3 is 14.8 Å². The monoisotopic (exact) mass is 431 g/mol. The Labute approximate surface area is 184 Å². The van der Waals surface area contributed by atoms with Crippen LogP contribution in [0.5, 0.6) is 11.5 Å². The van der Waals surface area contributed by atoms with Crippen LogP contribution in [0.25, 0.3) is 0 Å². The van der Waals surface area contributed by atoms with Gasteiger partial charge in [0.1, 0.15) is 11.5 Å². The highest BCUT2D eigenvalue weighted by Gasteiger charge is 2.13. The minimum atomic E-state index is -0.894. The van der Waals surface area contributed by atoms with Gasteiger partial charge in [0.05, 0.1) is 18.9 Å². The predicted octanol–water partition coefficient (Wildman–Crippen LogP) is 3.31. The molecule has 0 aliphatic rings. The molecular formula is C24H21N3O5. The third-order valence-electron chi connectivity index (χ3n) is 4.40. The van der Waals surface area contributed by atoms with Crippen LogP contribution >= 0.6 is 0 Å². The van der Waals surface area contributed by atoms with Gasteiger partial charge in [-0.2, -0.15) is 5.10 Å². The highest BCUT2D eigenvalue weighted by molar-refractivity contribution is 6.39. The maximum atomic E-state index is 12.2. The molecule has 0 radical (unpaired) electrons. The van der Waals surface area contributed by atoms with Gasteiger partial charge in [-0.15, -0.1) is 0 Å². The number of anilines is 1. The Balaban J connectivity index is 1.51. The molecule has 0 aliphatic carbocycles. The predicted molar refractivity (Wildman–Crippen MR) is 120 cm³/mol. The summed E-state index contributed by atoms with van der Waals surface area (Å²) in [4.78, 5) is 36.0. The van der Waals surface area contributed by atoms with Crippen LogP contribution in [0.3, 0.4) is 0 Å². The molecule has 32 heavy (non-hydrogen) atoms. The van der Waals surface area contributed by atoms with Crippen molar-refractivity contribution < 1.29 is 23.9 Å². The quantitative estimate of drug-likeness (QED) is 0.205. The maximum Gasteiger partial charge on any atom is 0.343 e. The van der Waals surface area contributed by atoms with Crippen molar-refractivity contribution in [3.8, 4) is 11.5 Å². The Morgan fingerprint density at radius 3 is 2.16 bits per heavy atom. The Bertz CT molecular complexity index is 1140. The average molecular weight is 431 g/mol. The van der Waals surface area contributed by atoms with E-state index < -0.39 is 17.8 Å². The van der Waals surface area contributed by atoms with Gasteiger partial charge >= 0.3 is 17.8 Å². The van der Waals surface area contributed by atoms with Crippen LogP contribution in [0.4, 0.5) is 5.69 Å². The second-order valence-corrected chi connectivity index (χ2v) is 6.66. The lowest BCUT2D eigenvalue weighted by Crippen LogP contribution is -2.32. The van der Waals surface area contributed by atoms with Crippen molar-refractivity contribution in [3.05, 3.63) is 89.5 Å². The number of amides is 2. The zero-order valence-corrected chi connectivity index (χ0v) is 17.5. The minimum absolute atomic E-state index is 0.351. The van der Waals surface area contributed by atoms with E-state index in [0.29, 0.717) is 28.3 Å². The van der Waals surface area contributed by atoms with Gasteiger partial charge in [0.25, 0.3) is 0 Å². The molecule has 3 aromatic carbocycles. The second-order valence-electron chi connectivity index (χ2n) is 6.66. The number of para-hydroxylation sites is 1. The Hall–Kier alpha value is -4.46. The number of aryl methyl sites for hydroxylation is 1. The van der Waals surface area contributed by atoms with E-state index >= 15 is 0 Å². The standard InChI is InChI=1S/C24H21N3O5/c1-16-5-3-4-6-21(16)26-22(28)23(29)27-25-15-17-7-11-20(12-8-17)32-24(30)18-9-13-19(31-2)14-10-18/h3-15H,1-2H3,(H,26,28)(H,27,29)/b25-15-. The third-order valence-corrected chi connectivity index (χ3v) is 4.40. The van der Waals surface area contributed by atoms with Gasteiger partial charge in [0.2, 0.25) is 0 Å². The summed E-state index contributed by atoms with van der Waals surface area (Å²) in [6.45, 7) is 1.82. The first-order valence-corrected chi connectivity index (χ1v) is 9.62. The molecule has 3 aromatic rings. The molecule has 0 aromatic heterocycles. The van der Waals surface area contributed by atoms with Crippen molar-refractivity contribution in [1.29, 1.82) is 0 Å². The molecule has 0 saturated heterocycles. The van der Waals surface area contributed by atoms with Crippen LogP contribution in [0.2, 0.25) is 0 Å². The molecule has 0 unspecified atom stereocenters. The van der Waals surface area contributed by atoms with Gasteiger partial charge in [-0.25, -0.2) is 10.2 Å². The highest BCUT2D eigenvalue weighted by atomic mass is 16.5. The van der Waals surface area contributed by atoms with E-state index in [-0.39, 0.29) is 0 Å². The summed E-state index contributed by atoms with van der Waals surface area (Å²) in [6.07, 6.45) is 1.37. The number of benzene rings is 3. The fourth-order valence-electron chi connectivity index (χ4n) is 2.62. The maximum absolute atomic E-state index is 12.2.